The van der Waals surface area contributed by atoms with Crippen LogP contribution in [0.25, 0.3) is 0 Å². The standard InChI is InChI=1S/C16H16BrF2NS/c1-2-6-20-10-11-7-14(18)16(15(19)8-11)21-13-5-3-4-12(17)9-13/h3-5,7-9,20H,2,6,10H2,1H3. The molecule has 0 bridgehead atoms. The van der Waals surface area contributed by atoms with E-state index >= 15 is 0 Å². The smallest absolute Gasteiger partial charge is 0.140 e. The van der Waals surface area contributed by atoms with Crippen LogP contribution >= 0.6 is 27.7 Å². The second-order valence-electron chi connectivity index (χ2n) is 4.62. The third-order valence-electron chi connectivity index (χ3n) is 2.83. The van der Waals surface area contributed by atoms with E-state index in [9.17, 15) is 8.78 Å². The molecule has 2 aromatic carbocycles. The van der Waals surface area contributed by atoms with Crippen molar-refractivity contribution in [2.24, 2.45) is 0 Å². The van der Waals surface area contributed by atoms with Crippen molar-refractivity contribution in [2.75, 3.05) is 6.54 Å². The van der Waals surface area contributed by atoms with Crippen LogP contribution in [-0.2, 0) is 6.54 Å². The maximum Gasteiger partial charge on any atom is 0.140 e. The normalized spacial score (nSPS) is 10.9. The summed E-state index contributed by atoms with van der Waals surface area (Å²) in [6.45, 7) is 3.35. The lowest BCUT2D eigenvalue weighted by atomic mass is 10.2. The third-order valence-corrected chi connectivity index (χ3v) is 4.41. The second-order valence-corrected chi connectivity index (χ2v) is 6.62. The Kier molecular flexibility index (Phi) is 6.21. The highest BCUT2D eigenvalue weighted by Gasteiger charge is 2.13. The van der Waals surface area contributed by atoms with Crippen molar-refractivity contribution in [3.63, 3.8) is 0 Å². The Balaban J connectivity index is 2.17. The van der Waals surface area contributed by atoms with Gasteiger partial charge in [-0.3, -0.25) is 0 Å². The number of nitrogens with one attached hydrogen (secondary N) is 1. The average molecular weight is 372 g/mol. The van der Waals surface area contributed by atoms with E-state index in [1.165, 1.54) is 12.1 Å². The summed E-state index contributed by atoms with van der Waals surface area (Å²) in [6, 6.07) is 10.2. The maximum atomic E-state index is 14.1. The van der Waals surface area contributed by atoms with Gasteiger partial charge in [-0.15, -0.1) is 0 Å². The minimum atomic E-state index is -0.520. The molecule has 0 saturated carbocycles. The molecule has 0 spiro atoms. The van der Waals surface area contributed by atoms with Crippen LogP contribution < -0.4 is 5.32 Å². The molecule has 1 N–H and O–H groups in total. The fraction of sp³-hybridized carbons (Fsp3) is 0.250. The molecular weight excluding hydrogens is 356 g/mol. The monoisotopic (exact) mass is 371 g/mol. The van der Waals surface area contributed by atoms with Gasteiger partial charge in [-0.1, -0.05) is 40.7 Å². The molecule has 0 aliphatic carbocycles. The Bertz CT molecular complexity index is 596. The molecule has 5 heteroatoms. The van der Waals surface area contributed by atoms with Crippen molar-refractivity contribution in [2.45, 2.75) is 29.7 Å². The molecule has 0 saturated heterocycles. The van der Waals surface area contributed by atoms with Crippen LogP contribution in [-0.4, -0.2) is 6.54 Å². The van der Waals surface area contributed by atoms with Crippen molar-refractivity contribution in [1.29, 1.82) is 0 Å². The highest BCUT2D eigenvalue weighted by atomic mass is 79.9. The van der Waals surface area contributed by atoms with Gasteiger partial charge >= 0.3 is 0 Å². The predicted molar refractivity (Wildman–Crippen MR) is 86.6 cm³/mol. The second kappa shape index (κ2) is 7.92. The number of rotatable bonds is 6. The predicted octanol–water partition coefficient (Wildman–Crippen LogP) is 5.38. The molecule has 0 heterocycles. The van der Waals surface area contributed by atoms with Gasteiger partial charge < -0.3 is 5.32 Å². The van der Waals surface area contributed by atoms with Gasteiger partial charge in [0.05, 0.1) is 4.90 Å². The lowest BCUT2D eigenvalue weighted by Gasteiger charge is -2.09. The van der Waals surface area contributed by atoms with E-state index in [0.717, 1.165) is 34.1 Å². The molecule has 0 aliphatic heterocycles. The van der Waals surface area contributed by atoms with Crippen LogP contribution in [0.1, 0.15) is 18.9 Å². The summed E-state index contributed by atoms with van der Waals surface area (Å²) in [5, 5.41) is 3.14. The average Bonchev–Trinajstić information content (AvgIpc) is 2.43. The third kappa shape index (κ3) is 4.80. The van der Waals surface area contributed by atoms with Crippen molar-refractivity contribution < 1.29 is 8.78 Å². The number of hydrogen-bond acceptors (Lipinski definition) is 2. The first-order valence-corrected chi connectivity index (χ1v) is 8.33. The maximum absolute atomic E-state index is 14.1. The molecular formula is C16H16BrF2NS. The minimum absolute atomic E-state index is 0.0346. The summed E-state index contributed by atoms with van der Waals surface area (Å²) in [7, 11) is 0. The first-order valence-electron chi connectivity index (χ1n) is 6.72. The molecule has 0 fully saturated rings. The van der Waals surface area contributed by atoms with Crippen LogP contribution in [0.4, 0.5) is 8.78 Å². The molecule has 0 radical (unpaired) electrons. The molecule has 0 aromatic heterocycles. The van der Waals surface area contributed by atoms with Gasteiger partial charge in [0.15, 0.2) is 0 Å². The largest absolute Gasteiger partial charge is 0.313 e. The minimum Gasteiger partial charge on any atom is -0.313 e. The topological polar surface area (TPSA) is 12.0 Å². The van der Waals surface area contributed by atoms with Gasteiger partial charge in [-0.2, -0.15) is 0 Å². The van der Waals surface area contributed by atoms with E-state index in [4.69, 9.17) is 0 Å². The Hall–Kier alpha value is -0.910. The van der Waals surface area contributed by atoms with E-state index in [2.05, 4.69) is 21.2 Å². The molecule has 0 amide bonds. The number of hydrogen-bond donors (Lipinski definition) is 1. The summed E-state index contributed by atoms with van der Waals surface area (Å²) in [5.74, 6) is -1.04. The summed E-state index contributed by atoms with van der Waals surface area (Å²) in [5.41, 5.74) is 0.622. The van der Waals surface area contributed by atoms with E-state index in [0.29, 0.717) is 12.1 Å². The van der Waals surface area contributed by atoms with E-state index in [1.807, 2.05) is 31.2 Å². The van der Waals surface area contributed by atoms with Crippen LogP contribution in [0.3, 0.4) is 0 Å². The Morgan fingerprint density at radius 3 is 2.48 bits per heavy atom. The van der Waals surface area contributed by atoms with Crippen LogP contribution in [0.2, 0.25) is 0 Å². The lowest BCUT2D eigenvalue weighted by Crippen LogP contribution is -2.14. The Morgan fingerprint density at radius 1 is 1.14 bits per heavy atom. The van der Waals surface area contributed by atoms with Gasteiger partial charge in [0, 0.05) is 15.9 Å². The Labute approximate surface area is 136 Å². The zero-order valence-electron chi connectivity index (χ0n) is 11.6. The molecule has 21 heavy (non-hydrogen) atoms. The first-order chi connectivity index (χ1) is 10.1. The SMILES string of the molecule is CCCNCc1cc(F)c(Sc2cccc(Br)c2)c(F)c1. The fourth-order valence-corrected chi connectivity index (χ4v) is 3.30. The van der Waals surface area contributed by atoms with Gasteiger partial charge in [-0.25, -0.2) is 8.78 Å². The van der Waals surface area contributed by atoms with Crippen LogP contribution in [0.5, 0.6) is 0 Å². The van der Waals surface area contributed by atoms with Gasteiger partial charge in [0.2, 0.25) is 0 Å². The van der Waals surface area contributed by atoms with E-state index in [1.54, 1.807) is 0 Å². The van der Waals surface area contributed by atoms with Crippen molar-refractivity contribution in [1.82, 2.24) is 5.32 Å². The lowest BCUT2D eigenvalue weighted by molar-refractivity contribution is 0.534. The van der Waals surface area contributed by atoms with Gasteiger partial charge in [-0.05, 0) is 48.9 Å². The molecule has 0 unspecified atom stereocenters. The fourth-order valence-electron chi connectivity index (χ4n) is 1.87. The molecule has 112 valence electrons. The number of halogens is 3. The summed E-state index contributed by atoms with van der Waals surface area (Å²) in [4.78, 5) is 0.825. The zero-order valence-corrected chi connectivity index (χ0v) is 14.0. The summed E-state index contributed by atoms with van der Waals surface area (Å²) < 4.78 is 29.1. The molecule has 2 aromatic rings. The van der Waals surface area contributed by atoms with Crippen molar-refractivity contribution in [3.05, 3.63) is 58.1 Å². The van der Waals surface area contributed by atoms with E-state index in [-0.39, 0.29) is 4.90 Å². The van der Waals surface area contributed by atoms with Gasteiger partial charge in [0.25, 0.3) is 0 Å². The molecule has 0 aliphatic rings. The first kappa shape index (κ1) is 16.5. The quantitative estimate of drug-likeness (QED) is 0.684. The van der Waals surface area contributed by atoms with Crippen LogP contribution in [0, 0.1) is 11.6 Å². The molecule has 0 atom stereocenters. The highest BCUT2D eigenvalue weighted by molar-refractivity contribution is 9.10. The van der Waals surface area contributed by atoms with E-state index < -0.39 is 11.6 Å². The summed E-state index contributed by atoms with van der Waals surface area (Å²) >= 11 is 4.44. The zero-order chi connectivity index (χ0) is 15.2. The van der Waals surface area contributed by atoms with Gasteiger partial charge in [0.1, 0.15) is 11.6 Å². The Morgan fingerprint density at radius 2 is 1.86 bits per heavy atom. The number of benzene rings is 2. The molecule has 2 rings (SSSR count). The van der Waals surface area contributed by atoms with Crippen molar-refractivity contribution >= 4 is 27.7 Å². The highest BCUT2D eigenvalue weighted by Crippen LogP contribution is 2.33. The van der Waals surface area contributed by atoms with Crippen molar-refractivity contribution in [3.8, 4) is 0 Å². The molecule has 1 nitrogen and oxygen atoms in total. The summed E-state index contributed by atoms with van der Waals surface area (Å²) in [6.07, 6.45) is 0.988. The van der Waals surface area contributed by atoms with Crippen LogP contribution in [0.15, 0.2) is 50.7 Å².